The van der Waals surface area contributed by atoms with Gasteiger partial charge >= 0.3 is 0 Å². The topological polar surface area (TPSA) is 117 Å². The maximum Gasteiger partial charge on any atom is 0.293 e. The van der Waals surface area contributed by atoms with Crippen molar-refractivity contribution in [3.63, 3.8) is 0 Å². The molecule has 34 heavy (non-hydrogen) atoms. The molecule has 0 atom stereocenters. The third kappa shape index (κ3) is 5.34. The van der Waals surface area contributed by atoms with Crippen molar-refractivity contribution in [1.82, 2.24) is 29.5 Å². The normalized spacial score (nSPS) is 11.0. The van der Waals surface area contributed by atoms with E-state index in [0.29, 0.717) is 55.3 Å². The van der Waals surface area contributed by atoms with Crippen LogP contribution in [0.2, 0.25) is 0 Å². The van der Waals surface area contributed by atoms with Crippen LogP contribution in [0.4, 0.5) is 5.82 Å². The quantitative estimate of drug-likeness (QED) is 0.356. The molecule has 0 unspecified atom stereocenters. The van der Waals surface area contributed by atoms with Crippen LogP contribution in [-0.2, 0) is 17.8 Å². The van der Waals surface area contributed by atoms with E-state index >= 15 is 0 Å². The Labute approximate surface area is 197 Å². The fraction of sp³-hybridized carbons (Fsp3) is 0.333. The van der Waals surface area contributed by atoms with Gasteiger partial charge < -0.3 is 19.4 Å². The van der Waals surface area contributed by atoms with Gasteiger partial charge in [0.1, 0.15) is 5.52 Å². The molecular formula is C24H27N7O3. The molecule has 0 spiro atoms. The molecule has 10 heteroatoms. The molecule has 4 rings (SSSR count). The van der Waals surface area contributed by atoms with E-state index in [-0.39, 0.29) is 11.4 Å². The fourth-order valence-electron chi connectivity index (χ4n) is 3.45. The van der Waals surface area contributed by atoms with Gasteiger partial charge in [-0.2, -0.15) is 0 Å². The van der Waals surface area contributed by atoms with Gasteiger partial charge in [0.15, 0.2) is 5.82 Å². The van der Waals surface area contributed by atoms with Gasteiger partial charge in [0, 0.05) is 43.8 Å². The zero-order valence-electron chi connectivity index (χ0n) is 19.5. The maximum atomic E-state index is 13.4. The van der Waals surface area contributed by atoms with Crippen LogP contribution in [0.25, 0.3) is 22.3 Å². The van der Waals surface area contributed by atoms with Gasteiger partial charge in [0.25, 0.3) is 5.56 Å². The van der Waals surface area contributed by atoms with Crippen molar-refractivity contribution in [3.8, 4) is 17.1 Å². The largest absolute Gasteiger partial charge is 0.481 e. The number of hydrogen-bond acceptors (Lipinski definition) is 9. The number of methoxy groups -OCH3 is 1. The molecule has 0 saturated heterocycles. The molecule has 4 heterocycles. The summed E-state index contributed by atoms with van der Waals surface area (Å²) in [5.41, 5.74) is 4.15. The van der Waals surface area contributed by atoms with E-state index in [9.17, 15) is 4.79 Å². The van der Waals surface area contributed by atoms with Crippen molar-refractivity contribution in [3.05, 3.63) is 64.7 Å². The van der Waals surface area contributed by atoms with Crippen molar-refractivity contribution in [2.24, 2.45) is 0 Å². The van der Waals surface area contributed by atoms with Crippen molar-refractivity contribution in [2.45, 2.75) is 33.4 Å². The Hall–Kier alpha value is -3.92. The molecule has 4 aromatic rings. The molecule has 0 aliphatic rings. The first-order chi connectivity index (χ1) is 16.6. The summed E-state index contributed by atoms with van der Waals surface area (Å²) in [6.07, 6.45) is 7.43. The lowest BCUT2D eigenvalue weighted by Gasteiger charge is -2.14. The summed E-state index contributed by atoms with van der Waals surface area (Å²) in [4.78, 5) is 35.3. The second kappa shape index (κ2) is 10.8. The summed E-state index contributed by atoms with van der Waals surface area (Å²) in [5.74, 6) is 0.764. The Morgan fingerprint density at radius 3 is 2.65 bits per heavy atom. The number of fused-ring (bicyclic) bond motifs is 1. The lowest BCUT2D eigenvalue weighted by molar-refractivity contribution is 0.141. The van der Waals surface area contributed by atoms with Gasteiger partial charge in [-0.15, -0.1) is 0 Å². The Bertz CT molecular complexity index is 1310. The van der Waals surface area contributed by atoms with Crippen LogP contribution >= 0.6 is 0 Å². The first-order valence-corrected chi connectivity index (χ1v) is 11.1. The molecule has 0 aromatic carbocycles. The average molecular weight is 462 g/mol. The molecule has 176 valence electrons. The summed E-state index contributed by atoms with van der Waals surface area (Å²) in [7, 11) is 1.57. The van der Waals surface area contributed by atoms with Crippen LogP contribution in [-0.4, -0.2) is 49.8 Å². The molecule has 0 aliphatic carbocycles. The highest BCUT2D eigenvalue weighted by molar-refractivity contribution is 5.80. The molecule has 0 bridgehead atoms. The van der Waals surface area contributed by atoms with Crippen LogP contribution in [0.15, 0.2) is 47.8 Å². The minimum atomic E-state index is -0.214. The number of rotatable bonds is 10. The second-order valence-electron chi connectivity index (χ2n) is 7.62. The summed E-state index contributed by atoms with van der Waals surface area (Å²) in [5, 5.41) is 3.11. The van der Waals surface area contributed by atoms with Gasteiger partial charge in [-0.1, -0.05) is 0 Å². The number of aromatic nitrogens is 6. The monoisotopic (exact) mass is 461 g/mol. The SMILES string of the molecule is CCOCCCn1c(=O)c(NCc2cnc(C)cn2)nc2cnc(-c3ccc(OC)nc3)cc21. The summed E-state index contributed by atoms with van der Waals surface area (Å²) in [6, 6.07) is 5.52. The lowest BCUT2D eigenvalue weighted by Crippen LogP contribution is -2.26. The van der Waals surface area contributed by atoms with E-state index in [2.05, 4.69) is 30.2 Å². The molecule has 10 nitrogen and oxygen atoms in total. The Kier molecular flexibility index (Phi) is 7.38. The van der Waals surface area contributed by atoms with Gasteiger partial charge in [-0.25, -0.2) is 9.97 Å². The number of nitrogens with zero attached hydrogens (tertiary/aromatic N) is 6. The molecule has 4 aromatic heterocycles. The van der Waals surface area contributed by atoms with Gasteiger partial charge in [-0.3, -0.25) is 19.7 Å². The number of hydrogen-bond donors (Lipinski definition) is 1. The van der Waals surface area contributed by atoms with E-state index < -0.39 is 0 Å². The zero-order valence-corrected chi connectivity index (χ0v) is 19.5. The van der Waals surface area contributed by atoms with Crippen molar-refractivity contribution in [2.75, 3.05) is 25.6 Å². The highest BCUT2D eigenvalue weighted by Gasteiger charge is 2.14. The third-order valence-electron chi connectivity index (χ3n) is 5.22. The number of aryl methyl sites for hydroxylation is 2. The number of pyridine rings is 2. The minimum Gasteiger partial charge on any atom is -0.481 e. The van der Waals surface area contributed by atoms with Crippen molar-refractivity contribution >= 4 is 16.9 Å². The smallest absolute Gasteiger partial charge is 0.293 e. The summed E-state index contributed by atoms with van der Waals surface area (Å²) in [6.45, 7) is 5.85. The molecule has 0 amide bonds. The van der Waals surface area contributed by atoms with Crippen molar-refractivity contribution < 1.29 is 9.47 Å². The second-order valence-corrected chi connectivity index (χ2v) is 7.62. The highest BCUT2D eigenvalue weighted by Crippen LogP contribution is 2.22. The Balaban J connectivity index is 1.69. The molecule has 0 aliphatic heterocycles. The van der Waals surface area contributed by atoms with E-state index in [1.54, 1.807) is 42.5 Å². The zero-order chi connectivity index (χ0) is 23.9. The molecule has 1 N–H and O–H groups in total. The van der Waals surface area contributed by atoms with Gasteiger partial charge in [0.2, 0.25) is 5.88 Å². The van der Waals surface area contributed by atoms with Crippen molar-refractivity contribution in [1.29, 1.82) is 0 Å². The average Bonchev–Trinajstić information content (AvgIpc) is 2.87. The predicted octanol–water partition coefficient (Wildman–Crippen LogP) is 3.00. The Morgan fingerprint density at radius 1 is 1.06 bits per heavy atom. The van der Waals surface area contributed by atoms with E-state index in [1.807, 2.05) is 26.0 Å². The summed E-state index contributed by atoms with van der Waals surface area (Å²) < 4.78 is 12.3. The summed E-state index contributed by atoms with van der Waals surface area (Å²) >= 11 is 0. The number of nitrogens with one attached hydrogen (secondary N) is 1. The highest BCUT2D eigenvalue weighted by atomic mass is 16.5. The Morgan fingerprint density at radius 2 is 1.94 bits per heavy atom. The molecule has 0 radical (unpaired) electrons. The number of anilines is 1. The molecule has 0 fully saturated rings. The number of ether oxygens (including phenoxy) is 2. The molecule has 0 saturated carbocycles. The maximum absolute atomic E-state index is 13.4. The minimum absolute atomic E-state index is 0.214. The van der Waals surface area contributed by atoms with Crippen LogP contribution in [0.1, 0.15) is 24.7 Å². The molecular weight excluding hydrogens is 434 g/mol. The third-order valence-corrected chi connectivity index (χ3v) is 5.22. The van der Waals surface area contributed by atoms with E-state index in [0.717, 1.165) is 17.0 Å². The first-order valence-electron chi connectivity index (χ1n) is 11.1. The lowest BCUT2D eigenvalue weighted by atomic mass is 10.2. The van der Waals surface area contributed by atoms with Crippen LogP contribution in [0.3, 0.4) is 0 Å². The fourth-order valence-corrected chi connectivity index (χ4v) is 3.45. The predicted molar refractivity (Wildman–Crippen MR) is 129 cm³/mol. The van der Waals surface area contributed by atoms with Crippen LogP contribution < -0.4 is 15.6 Å². The van der Waals surface area contributed by atoms with Crippen LogP contribution in [0, 0.1) is 6.92 Å². The van der Waals surface area contributed by atoms with Gasteiger partial charge in [0.05, 0.1) is 48.6 Å². The van der Waals surface area contributed by atoms with E-state index in [1.165, 1.54) is 0 Å². The standard InChI is InChI=1S/C24H27N7O3/c1-4-34-9-5-8-31-21-10-19(17-6-7-22(33-3)28-12-17)27-15-20(21)30-23(24(31)32)29-14-18-13-25-16(2)11-26-18/h6-7,10-13,15H,4-5,8-9,14H2,1-3H3,(H,29,30). The van der Waals surface area contributed by atoms with Crippen LogP contribution in [0.5, 0.6) is 5.88 Å². The first kappa shape index (κ1) is 23.2. The van der Waals surface area contributed by atoms with Gasteiger partial charge in [-0.05, 0) is 32.4 Å². The van der Waals surface area contributed by atoms with E-state index in [4.69, 9.17) is 9.47 Å².